The molecule has 0 heterocycles. The van der Waals surface area contributed by atoms with Crippen LogP contribution in [0.15, 0.2) is 18.2 Å². The van der Waals surface area contributed by atoms with Gasteiger partial charge in [0, 0.05) is 0 Å². The summed E-state index contributed by atoms with van der Waals surface area (Å²) >= 11 is 0. The Bertz CT molecular complexity index is 446. The Kier molecular flexibility index (Phi) is 2.66. The quantitative estimate of drug-likeness (QED) is 0.731. The van der Waals surface area contributed by atoms with E-state index < -0.39 is 29.0 Å². The lowest BCUT2D eigenvalue weighted by molar-refractivity contribution is -0.138. The zero-order valence-corrected chi connectivity index (χ0v) is 7.17. The van der Waals surface area contributed by atoms with E-state index >= 15 is 0 Å². The second-order valence-corrected chi connectivity index (χ2v) is 2.61. The highest BCUT2D eigenvalue weighted by Gasteiger charge is 2.36. The molecule has 0 unspecified atom stereocenters. The molecule has 0 aromatic heterocycles. The lowest BCUT2D eigenvalue weighted by Gasteiger charge is -2.10. The summed E-state index contributed by atoms with van der Waals surface area (Å²) in [5, 5.41) is 8.60. The monoisotopic (exact) mass is 215 g/mol. The summed E-state index contributed by atoms with van der Waals surface area (Å²) in [5.41, 5.74) is -2.82. The Labute approximate surface area is 82.6 Å². The smallest absolute Gasteiger partial charge is 0.416 e. The van der Waals surface area contributed by atoms with Crippen LogP contribution in [0.1, 0.15) is 15.9 Å². The molecule has 0 radical (unpaired) electrons. The maximum absolute atomic E-state index is 12.4. The van der Waals surface area contributed by atoms with Gasteiger partial charge in [0.1, 0.15) is 0 Å². The summed E-state index contributed by atoms with van der Waals surface area (Å²) in [4.78, 5) is 13.3. The molecule has 0 aliphatic heterocycles. The SMILES string of the molecule is [C-]#[N+]c1cccc(C(F)(F)F)c1C(=O)O. The molecule has 1 rings (SSSR count). The fourth-order valence-corrected chi connectivity index (χ4v) is 1.09. The average molecular weight is 215 g/mol. The van der Waals surface area contributed by atoms with Crippen molar-refractivity contribution in [3.05, 3.63) is 40.7 Å². The van der Waals surface area contributed by atoms with Gasteiger partial charge in [-0.2, -0.15) is 13.2 Å². The first kappa shape index (κ1) is 11.0. The third kappa shape index (κ3) is 2.07. The third-order valence-electron chi connectivity index (χ3n) is 1.68. The molecule has 0 aliphatic rings. The van der Waals surface area contributed by atoms with E-state index in [2.05, 4.69) is 4.85 Å². The maximum atomic E-state index is 12.4. The van der Waals surface area contributed by atoms with E-state index in [1.807, 2.05) is 0 Å². The number of alkyl halides is 3. The van der Waals surface area contributed by atoms with Gasteiger partial charge in [0.15, 0.2) is 0 Å². The van der Waals surface area contributed by atoms with Gasteiger partial charge >= 0.3 is 12.1 Å². The molecule has 0 bridgehead atoms. The minimum Gasteiger partial charge on any atom is -0.479 e. The maximum Gasteiger partial charge on any atom is 0.416 e. The molecule has 1 aromatic rings. The van der Waals surface area contributed by atoms with Gasteiger partial charge in [-0.15, -0.1) is 0 Å². The topological polar surface area (TPSA) is 41.7 Å². The van der Waals surface area contributed by atoms with Gasteiger partial charge in [0.05, 0.1) is 17.7 Å². The number of aromatic carboxylic acids is 1. The highest BCUT2D eigenvalue weighted by Crippen LogP contribution is 2.35. The predicted molar refractivity (Wildman–Crippen MR) is 44.7 cm³/mol. The number of carboxylic acids is 1. The summed E-state index contributed by atoms with van der Waals surface area (Å²) < 4.78 is 37.1. The van der Waals surface area contributed by atoms with E-state index in [1.54, 1.807) is 0 Å². The summed E-state index contributed by atoms with van der Waals surface area (Å²) in [7, 11) is 0. The van der Waals surface area contributed by atoms with E-state index in [1.165, 1.54) is 0 Å². The molecule has 15 heavy (non-hydrogen) atoms. The van der Waals surface area contributed by atoms with Crippen LogP contribution in [0.2, 0.25) is 0 Å². The molecule has 0 aliphatic carbocycles. The minimum atomic E-state index is -4.77. The van der Waals surface area contributed by atoms with Gasteiger partial charge in [0.25, 0.3) is 0 Å². The molecular formula is C9H4F3NO2. The zero-order chi connectivity index (χ0) is 11.6. The van der Waals surface area contributed by atoms with Crippen molar-refractivity contribution in [2.24, 2.45) is 0 Å². The van der Waals surface area contributed by atoms with Crippen molar-refractivity contribution >= 4 is 11.7 Å². The molecule has 6 heteroatoms. The number of benzene rings is 1. The van der Waals surface area contributed by atoms with Crippen molar-refractivity contribution in [1.29, 1.82) is 0 Å². The summed E-state index contributed by atoms with van der Waals surface area (Å²) in [6.07, 6.45) is -4.77. The van der Waals surface area contributed by atoms with Crippen LogP contribution >= 0.6 is 0 Å². The Morgan fingerprint density at radius 1 is 1.40 bits per heavy atom. The largest absolute Gasteiger partial charge is 0.479 e. The zero-order valence-electron chi connectivity index (χ0n) is 7.17. The van der Waals surface area contributed by atoms with Crippen molar-refractivity contribution in [2.45, 2.75) is 6.18 Å². The van der Waals surface area contributed by atoms with Crippen LogP contribution in [0, 0.1) is 6.57 Å². The lowest BCUT2D eigenvalue weighted by Crippen LogP contribution is -2.12. The fraction of sp³-hybridized carbons (Fsp3) is 0.111. The number of rotatable bonds is 1. The molecule has 0 spiro atoms. The number of nitrogens with zero attached hydrogens (tertiary/aromatic N) is 1. The molecule has 0 amide bonds. The van der Waals surface area contributed by atoms with Crippen LogP contribution in [0.4, 0.5) is 18.9 Å². The summed E-state index contributed by atoms with van der Waals surface area (Å²) in [6, 6.07) is 2.67. The molecular weight excluding hydrogens is 211 g/mol. The second kappa shape index (κ2) is 3.61. The van der Waals surface area contributed by atoms with Crippen molar-refractivity contribution in [3.63, 3.8) is 0 Å². The molecule has 1 aromatic carbocycles. The molecule has 0 saturated heterocycles. The molecule has 0 fully saturated rings. The highest BCUT2D eigenvalue weighted by atomic mass is 19.4. The molecule has 78 valence electrons. The number of halogens is 3. The van der Waals surface area contributed by atoms with Crippen LogP contribution in [-0.4, -0.2) is 11.1 Å². The molecule has 0 atom stereocenters. The number of hydrogen-bond donors (Lipinski definition) is 1. The summed E-state index contributed by atoms with van der Waals surface area (Å²) in [5.74, 6) is -1.76. The van der Waals surface area contributed by atoms with Crippen LogP contribution in [0.3, 0.4) is 0 Å². The van der Waals surface area contributed by atoms with Gasteiger partial charge in [-0.1, -0.05) is 18.2 Å². The van der Waals surface area contributed by atoms with Crippen LogP contribution in [0.5, 0.6) is 0 Å². The number of carbonyl (C=O) groups is 1. The summed E-state index contributed by atoms with van der Waals surface area (Å²) in [6.45, 7) is 6.57. The average Bonchev–Trinajstić information content (AvgIpc) is 2.15. The van der Waals surface area contributed by atoms with E-state index in [4.69, 9.17) is 11.7 Å². The molecule has 0 saturated carbocycles. The van der Waals surface area contributed by atoms with Crippen LogP contribution in [-0.2, 0) is 6.18 Å². The van der Waals surface area contributed by atoms with Gasteiger partial charge in [0.2, 0.25) is 5.69 Å². The lowest BCUT2D eigenvalue weighted by atomic mass is 10.1. The first-order chi connectivity index (χ1) is 6.88. The first-order valence-electron chi connectivity index (χ1n) is 3.69. The third-order valence-corrected chi connectivity index (χ3v) is 1.68. The van der Waals surface area contributed by atoms with Crippen molar-refractivity contribution in [3.8, 4) is 0 Å². The number of carboxylic acid groups (broad SMARTS) is 1. The molecule has 1 N–H and O–H groups in total. The van der Waals surface area contributed by atoms with Crippen molar-refractivity contribution < 1.29 is 23.1 Å². The van der Waals surface area contributed by atoms with E-state index in [-0.39, 0.29) is 0 Å². The normalized spacial score (nSPS) is 10.8. The fourth-order valence-electron chi connectivity index (χ4n) is 1.09. The van der Waals surface area contributed by atoms with Gasteiger partial charge in [-0.25, -0.2) is 9.64 Å². The number of hydrogen-bond acceptors (Lipinski definition) is 1. The van der Waals surface area contributed by atoms with Crippen LogP contribution in [0.25, 0.3) is 4.85 Å². The molecule has 3 nitrogen and oxygen atoms in total. The van der Waals surface area contributed by atoms with Gasteiger partial charge in [-0.05, 0) is 0 Å². The van der Waals surface area contributed by atoms with E-state index in [0.717, 1.165) is 12.1 Å². The first-order valence-corrected chi connectivity index (χ1v) is 3.69. The van der Waals surface area contributed by atoms with Crippen molar-refractivity contribution in [2.75, 3.05) is 0 Å². The Balaban J connectivity index is 3.55. The Hall–Kier alpha value is -2.03. The van der Waals surface area contributed by atoms with Gasteiger partial charge in [-0.3, -0.25) is 0 Å². The highest BCUT2D eigenvalue weighted by molar-refractivity contribution is 5.96. The van der Waals surface area contributed by atoms with Gasteiger partial charge < -0.3 is 5.11 Å². The predicted octanol–water partition coefficient (Wildman–Crippen LogP) is 2.95. The van der Waals surface area contributed by atoms with Crippen molar-refractivity contribution in [1.82, 2.24) is 0 Å². The minimum absolute atomic E-state index is 0.516. The van der Waals surface area contributed by atoms with E-state index in [0.29, 0.717) is 6.07 Å². The van der Waals surface area contributed by atoms with E-state index in [9.17, 15) is 18.0 Å². The standard InChI is InChI=1S/C9H4F3NO2/c1-13-6-4-2-3-5(9(10,11)12)7(6)8(14)15/h2-4H,(H,14,15). The second-order valence-electron chi connectivity index (χ2n) is 2.61. The Morgan fingerprint density at radius 2 is 2.00 bits per heavy atom. The Morgan fingerprint density at radius 3 is 2.40 bits per heavy atom. The van der Waals surface area contributed by atoms with Crippen LogP contribution < -0.4 is 0 Å².